The van der Waals surface area contributed by atoms with Crippen LogP contribution in [0.2, 0.25) is 10.0 Å². The molecule has 0 radical (unpaired) electrons. The first-order valence-corrected chi connectivity index (χ1v) is 8.05. The number of hydrogen-bond acceptors (Lipinski definition) is 4. The van der Waals surface area contributed by atoms with Crippen molar-refractivity contribution in [2.75, 3.05) is 11.6 Å². The van der Waals surface area contributed by atoms with E-state index in [0.29, 0.717) is 0 Å². The van der Waals surface area contributed by atoms with Crippen molar-refractivity contribution in [1.29, 1.82) is 0 Å². The highest BCUT2D eigenvalue weighted by Crippen LogP contribution is 2.34. The zero-order chi connectivity index (χ0) is 14.8. The van der Waals surface area contributed by atoms with Gasteiger partial charge < -0.3 is 0 Å². The van der Waals surface area contributed by atoms with Crippen molar-refractivity contribution in [3.05, 3.63) is 32.3 Å². The Morgan fingerprint density at radius 2 is 1.79 bits per heavy atom. The number of halogens is 3. The lowest BCUT2D eigenvalue weighted by molar-refractivity contribution is -0.384. The lowest BCUT2D eigenvalue weighted by atomic mass is 10.3. The molecule has 106 valence electrons. The molecule has 1 atom stereocenters. The first kappa shape index (κ1) is 16.5. The van der Waals surface area contributed by atoms with Crippen LogP contribution in [0.1, 0.15) is 6.92 Å². The van der Waals surface area contributed by atoms with Gasteiger partial charge >= 0.3 is 0 Å². The Kier molecular flexibility index (Phi) is 5.43. The molecule has 5 nitrogen and oxygen atoms in total. The summed E-state index contributed by atoms with van der Waals surface area (Å²) < 4.78 is 24.3. The third-order valence-corrected chi connectivity index (χ3v) is 5.69. The molecule has 0 bridgehead atoms. The van der Waals surface area contributed by atoms with E-state index >= 15 is 0 Å². The molecule has 0 N–H and O–H groups in total. The summed E-state index contributed by atoms with van der Waals surface area (Å²) in [5, 5.41) is 10.1. The zero-order valence-electron chi connectivity index (χ0n) is 9.77. The van der Waals surface area contributed by atoms with E-state index in [4.69, 9.17) is 34.8 Å². The van der Waals surface area contributed by atoms with Crippen molar-refractivity contribution in [2.45, 2.75) is 11.8 Å². The number of sulfone groups is 1. The smallest absolute Gasteiger partial charge is 0.258 e. The molecule has 0 aromatic heterocycles. The summed E-state index contributed by atoms with van der Waals surface area (Å²) in [6.07, 6.45) is 0. The summed E-state index contributed by atoms with van der Waals surface area (Å²) in [5.74, 6) is -0.344. The van der Waals surface area contributed by atoms with E-state index in [1.54, 1.807) is 6.92 Å². The Balaban J connectivity index is 3.32. The van der Waals surface area contributed by atoms with Gasteiger partial charge in [0.25, 0.3) is 5.69 Å². The molecule has 0 aliphatic carbocycles. The number of nitro benzene ring substituents is 1. The van der Waals surface area contributed by atoms with Crippen LogP contribution in [0, 0.1) is 16.0 Å². The van der Waals surface area contributed by atoms with Gasteiger partial charge in [0.15, 0.2) is 9.84 Å². The largest absolute Gasteiger partial charge is 0.272 e. The van der Waals surface area contributed by atoms with Gasteiger partial charge in [0.05, 0.1) is 20.7 Å². The van der Waals surface area contributed by atoms with Crippen LogP contribution in [0.25, 0.3) is 0 Å². The molecule has 0 fully saturated rings. The van der Waals surface area contributed by atoms with Crippen molar-refractivity contribution < 1.29 is 13.3 Å². The molecule has 0 saturated carbocycles. The highest BCUT2D eigenvalue weighted by Gasteiger charge is 2.26. The Hall–Kier alpha value is -0.560. The maximum atomic E-state index is 12.1. The van der Waals surface area contributed by atoms with Gasteiger partial charge in [0, 0.05) is 18.0 Å². The molecule has 9 heteroatoms. The zero-order valence-corrected chi connectivity index (χ0v) is 12.9. The summed E-state index contributed by atoms with van der Waals surface area (Å²) in [4.78, 5) is 9.62. The van der Waals surface area contributed by atoms with Gasteiger partial charge in [-0.3, -0.25) is 10.1 Å². The number of nitro groups is 1. The van der Waals surface area contributed by atoms with E-state index in [2.05, 4.69) is 0 Å². The quantitative estimate of drug-likeness (QED) is 0.464. The third kappa shape index (κ3) is 3.95. The first-order chi connectivity index (χ1) is 8.69. The number of hydrogen-bond donors (Lipinski definition) is 0. The molecule has 0 aliphatic rings. The van der Waals surface area contributed by atoms with E-state index in [-0.39, 0.29) is 38.2 Å². The molecule has 0 heterocycles. The Morgan fingerprint density at radius 3 is 2.16 bits per heavy atom. The lowest BCUT2D eigenvalue weighted by Crippen LogP contribution is -2.16. The van der Waals surface area contributed by atoms with Crippen LogP contribution in [-0.4, -0.2) is 25.0 Å². The molecular weight excluding hydrogens is 337 g/mol. The van der Waals surface area contributed by atoms with E-state index in [1.165, 1.54) is 0 Å². The van der Waals surface area contributed by atoms with Gasteiger partial charge in [-0.05, 0) is 5.92 Å². The van der Waals surface area contributed by atoms with Crippen LogP contribution in [0.15, 0.2) is 17.0 Å². The Morgan fingerprint density at radius 1 is 1.32 bits per heavy atom. The molecule has 19 heavy (non-hydrogen) atoms. The van der Waals surface area contributed by atoms with Gasteiger partial charge in [-0.2, -0.15) is 0 Å². The van der Waals surface area contributed by atoms with E-state index in [9.17, 15) is 18.5 Å². The van der Waals surface area contributed by atoms with E-state index in [0.717, 1.165) is 12.1 Å². The first-order valence-electron chi connectivity index (χ1n) is 5.11. The monoisotopic (exact) mass is 345 g/mol. The van der Waals surface area contributed by atoms with Gasteiger partial charge in [0.2, 0.25) is 0 Å². The fraction of sp³-hybridized carbons (Fsp3) is 0.400. The number of rotatable bonds is 5. The molecule has 1 aromatic rings. The van der Waals surface area contributed by atoms with E-state index < -0.39 is 14.8 Å². The van der Waals surface area contributed by atoms with Crippen molar-refractivity contribution in [1.82, 2.24) is 0 Å². The van der Waals surface area contributed by atoms with Crippen LogP contribution in [-0.2, 0) is 9.84 Å². The normalized spacial score (nSPS) is 13.3. The summed E-state index contributed by atoms with van der Waals surface area (Å²) in [6.45, 7) is 1.66. The second-order valence-electron chi connectivity index (χ2n) is 4.04. The molecular formula is C10H10Cl3NO4S. The molecule has 0 spiro atoms. The molecule has 1 aromatic carbocycles. The van der Waals surface area contributed by atoms with Crippen LogP contribution in [0.3, 0.4) is 0 Å². The number of non-ortho nitro benzene ring substituents is 1. The Labute approximate surface area is 125 Å². The second-order valence-corrected chi connectivity index (χ2v) is 7.13. The molecule has 1 unspecified atom stereocenters. The standard InChI is InChI=1S/C10H10Cl3NO4S/c1-6(4-11)5-19(17,18)10-8(12)2-7(14(15)16)3-9(10)13/h2-3,6H,4-5H2,1H3. The van der Waals surface area contributed by atoms with Gasteiger partial charge in [-0.15, -0.1) is 11.6 Å². The predicted molar refractivity (Wildman–Crippen MR) is 75.1 cm³/mol. The van der Waals surface area contributed by atoms with Gasteiger partial charge in [0.1, 0.15) is 4.90 Å². The highest BCUT2D eigenvalue weighted by atomic mass is 35.5. The number of nitrogens with zero attached hydrogens (tertiary/aromatic N) is 1. The molecule has 0 saturated heterocycles. The van der Waals surface area contributed by atoms with Gasteiger partial charge in [-0.25, -0.2) is 8.42 Å². The predicted octanol–water partition coefficient (Wildman–Crippen LogP) is 3.55. The third-order valence-electron chi connectivity index (χ3n) is 2.27. The minimum absolute atomic E-state index is 0.168. The summed E-state index contributed by atoms with van der Waals surface area (Å²) in [6, 6.07) is 1.93. The second kappa shape index (κ2) is 6.26. The molecule has 1 rings (SSSR count). The highest BCUT2D eigenvalue weighted by molar-refractivity contribution is 7.91. The van der Waals surface area contributed by atoms with Crippen LogP contribution >= 0.6 is 34.8 Å². The maximum absolute atomic E-state index is 12.1. The summed E-state index contributed by atoms with van der Waals surface area (Å²) >= 11 is 17.1. The number of alkyl halides is 1. The van der Waals surface area contributed by atoms with Gasteiger partial charge in [-0.1, -0.05) is 30.1 Å². The average molecular weight is 347 g/mol. The average Bonchev–Trinajstić information content (AvgIpc) is 2.26. The SMILES string of the molecule is CC(CCl)CS(=O)(=O)c1c(Cl)cc([N+](=O)[O-])cc1Cl. The molecule has 0 amide bonds. The van der Waals surface area contributed by atoms with Crippen molar-refractivity contribution in [2.24, 2.45) is 5.92 Å². The summed E-state index contributed by atoms with van der Waals surface area (Å²) in [5.41, 5.74) is -0.362. The van der Waals surface area contributed by atoms with Crippen molar-refractivity contribution in [3.8, 4) is 0 Å². The fourth-order valence-corrected chi connectivity index (χ4v) is 4.62. The molecule has 0 aliphatic heterocycles. The van der Waals surface area contributed by atoms with Crippen molar-refractivity contribution in [3.63, 3.8) is 0 Å². The summed E-state index contributed by atoms with van der Waals surface area (Å²) in [7, 11) is -3.75. The maximum Gasteiger partial charge on any atom is 0.272 e. The Bertz CT molecular complexity index is 580. The van der Waals surface area contributed by atoms with E-state index in [1.807, 2.05) is 0 Å². The van der Waals surface area contributed by atoms with Crippen molar-refractivity contribution >= 4 is 50.3 Å². The number of benzene rings is 1. The minimum atomic E-state index is -3.75. The lowest BCUT2D eigenvalue weighted by Gasteiger charge is -2.11. The van der Waals surface area contributed by atoms with Crippen LogP contribution in [0.5, 0.6) is 0 Å². The van der Waals surface area contributed by atoms with Crippen LogP contribution < -0.4 is 0 Å². The van der Waals surface area contributed by atoms with Crippen LogP contribution in [0.4, 0.5) is 5.69 Å². The topological polar surface area (TPSA) is 77.3 Å². The minimum Gasteiger partial charge on any atom is -0.258 e. The fourth-order valence-electron chi connectivity index (χ4n) is 1.45.